The second-order valence-electron chi connectivity index (χ2n) is 6.02. The van der Waals surface area contributed by atoms with Crippen molar-refractivity contribution in [2.45, 2.75) is 70.5 Å². The zero-order valence-corrected chi connectivity index (χ0v) is 12.7. The minimum absolute atomic E-state index is 0.118. The predicted molar refractivity (Wildman–Crippen MR) is 76.6 cm³/mol. The lowest BCUT2D eigenvalue weighted by Gasteiger charge is -2.31. The topological polar surface area (TPSA) is 77.9 Å². The lowest BCUT2D eigenvalue weighted by Crippen LogP contribution is -2.51. The van der Waals surface area contributed by atoms with Gasteiger partial charge in [-0.3, -0.25) is 24.2 Å². The minimum Gasteiger partial charge on any atom is -0.480 e. The molecular formula is C15H24N2O4. The van der Waals surface area contributed by atoms with E-state index in [1.165, 1.54) is 4.90 Å². The van der Waals surface area contributed by atoms with E-state index in [2.05, 4.69) is 0 Å². The van der Waals surface area contributed by atoms with Crippen molar-refractivity contribution in [3.63, 3.8) is 0 Å². The molecule has 0 aromatic rings. The van der Waals surface area contributed by atoms with Crippen LogP contribution in [-0.2, 0) is 14.4 Å². The summed E-state index contributed by atoms with van der Waals surface area (Å²) in [5, 5.41) is 9.42. The molecule has 2 aliphatic heterocycles. The highest BCUT2D eigenvalue weighted by atomic mass is 16.4. The molecule has 6 nitrogen and oxygen atoms in total. The summed E-state index contributed by atoms with van der Waals surface area (Å²) in [4.78, 5) is 39.3. The van der Waals surface area contributed by atoms with Crippen LogP contribution in [0.25, 0.3) is 0 Å². The van der Waals surface area contributed by atoms with Crippen LogP contribution in [0.1, 0.15) is 52.4 Å². The molecule has 0 saturated carbocycles. The molecule has 2 saturated heterocycles. The summed E-state index contributed by atoms with van der Waals surface area (Å²) in [6, 6.07) is -1.36. The van der Waals surface area contributed by atoms with E-state index in [4.69, 9.17) is 0 Å². The number of hydrogen-bond donors (Lipinski definition) is 1. The second-order valence-corrected chi connectivity index (χ2v) is 6.02. The predicted octanol–water partition coefficient (Wildman–Crippen LogP) is 1.24. The SMILES string of the molecule is CCC(C)N1C(=O)CC(N2CCCCCC2C(=O)O)C1=O. The summed E-state index contributed by atoms with van der Waals surface area (Å²) in [5.74, 6) is -1.28. The van der Waals surface area contributed by atoms with Crippen LogP contribution in [0.5, 0.6) is 0 Å². The van der Waals surface area contributed by atoms with Gasteiger partial charge in [0.05, 0.1) is 12.5 Å². The smallest absolute Gasteiger partial charge is 0.320 e. The molecule has 2 fully saturated rings. The third-order valence-electron chi connectivity index (χ3n) is 4.67. The molecule has 0 aliphatic carbocycles. The van der Waals surface area contributed by atoms with Crippen LogP contribution in [0.4, 0.5) is 0 Å². The van der Waals surface area contributed by atoms with E-state index in [1.807, 2.05) is 13.8 Å². The molecule has 6 heteroatoms. The molecular weight excluding hydrogens is 272 g/mol. The fourth-order valence-electron chi connectivity index (χ4n) is 3.31. The van der Waals surface area contributed by atoms with Crippen molar-refractivity contribution in [1.82, 2.24) is 9.80 Å². The van der Waals surface area contributed by atoms with Crippen molar-refractivity contribution in [1.29, 1.82) is 0 Å². The van der Waals surface area contributed by atoms with Gasteiger partial charge in [-0.2, -0.15) is 0 Å². The Hall–Kier alpha value is -1.43. The third-order valence-corrected chi connectivity index (χ3v) is 4.67. The van der Waals surface area contributed by atoms with Gasteiger partial charge in [0.15, 0.2) is 0 Å². The highest BCUT2D eigenvalue weighted by molar-refractivity contribution is 6.06. The number of likely N-dealkylation sites (tertiary alicyclic amines) is 2. The number of carboxylic acids is 1. The van der Waals surface area contributed by atoms with Crippen LogP contribution < -0.4 is 0 Å². The minimum atomic E-state index is -0.890. The average molecular weight is 296 g/mol. The number of imide groups is 1. The number of rotatable bonds is 4. The maximum Gasteiger partial charge on any atom is 0.320 e. The average Bonchev–Trinajstić information content (AvgIpc) is 2.65. The van der Waals surface area contributed by atoms with Crippen LogP contribution in [-0.4, -0.2) is 57.4 Å². The van der Waals surface area contributed by atoms with E-state index in [0.29, 0.717) is 19.4 Å². The number of amides is 2. The molecule has 21 heavy (non-hydrogen) atoms. The van der Waals surface area contributed by atoms with Gasteiger partial charge in [0, 0.05) is 6.04 Å². The molecule has 0 spiro atoms. The van der Waals surface area contributed by atoms with E-state index in [9.17, 15) is 19.5 Å². The summed E-state index contributed by atoms with van der Waals surface area (Å²) in [6.07, 6.45) is 4.10. The number of nitrogens with zero attached hydrogens (tertiary/aromatic N) is 2. The van der Waals surface area contributed by atoms with Crippen LogP contribution in [0, 0.1) is 0 Å². The first-order valence-corrected chi connectivity index (χ1v) is 7.81. The highest BCUT2D eigenvalue weighted by Crippen LogP contribution is 2.27. The maximum absolute atomic E-state index is 12.6. The summed E-state index contributed by atoms with van der Waals surface area (Å²) in [6.45, 7) is 4.37. The van der Waals surface area contributed by atoms with Crippen molar-refractivity contribution in [3.8, 4) is 0 Å². The third kappa shape index (κ3) is 3.10. The van der Waals surface area contributed by atoms with Crippen molar-refractivity contribution in [2.24, 2.45) is 0 Å². The number of carbonyl (C=O) groups excluding carboxylic acids is 2. The fourth-order valence-corrected chi connectivity index (χ4v) is 3.31. The van der Waals surface area contributed by atoms with Crippen LogP contribution in [0.15, 0.2) is 0 Å². The number of carbonyl (C=O) groups is 3. The van der Waals surface area contributed by atoms with Gasteiger partial charge in [0.2, 0.25) is 11.8 Å². The number of carboxylic acid groups (broad SMARTS) is 1. The normalized spacial score (nSPS) is 29.5. The molecule has 2 aliphatic rings. The number of aliphatic carboxylic acids is 1. The van der Waals surface area contributed by atoms with Gasteiger partial charge in [-0.15, -0.1) is 0 Å². The summed E-state index contributed by atoms with van der Waals surface area (Å²) >= 11 is 0. The number of hydrogen-bond acceptors (Lipinski definition) is 4. The quantitative estimate of drug-likeness (QED) is 0.790. The Bertz CT molecular complexity index is 437. The lowest BCUT2D eigenvalue weighted by molar-refractivity contribution is -0.146. The molecule has 2 amide bonds. The molecule has 0 aromatic carbocycles. The Morgan fingerprint density at radius 3 is 2.67 bits per heavy atom. The van der Waals surface area contributed by atoms with Crippen LogP contribution in [0.2, 0.25) is 0 Å². The highest BCUT2D eigenvalue weighted by Gasteiger charge is 2.46. The van der Waals surface area contributed by atoms with Crippen LogP contribution >= 0.6 is 0 Å². The van der Waals surface area contributed by atoms with E-state index < -0.39 is 18.1 Å². The van der Waals surface area contributed by atoms with Gasteiger partial charge in [-0.25, -0.2) is 0 Å². The molecule has 0 bridgehead atoms. The summed E-state index contributed by atoms with van der Waals surface area (Å²) in [7, 11) is 0. The monoisotopic (exact) mass is 296 g/mol. The van der Waals surface area contributed by atoms with E-state index in [-0.39, 0.29) is 24.3 Å². The Balaban J connectivity index is 2.21. The molecule has 0 aromatic heterocycles. The second kappa shape index (κ2) is 6.56. The van der Waals surface area contributed by atoms with Gasteiger partial charge in [0.1, 0.15) is 6.04 Å². The molecule has 2 rings (SSSR count). The standard InChI is InChI=1S/C15H24N2O4/c1-3-10(2)17-13(18)9-12(14(17)19)16-8-6-4-5-7-11(16)15(20)21/h10-12H,3-9H2,1-2H3,(H,20,21). The molecule has 3 atom stereocenters. The van der Waals surface area contributed by atoms with Gasteiger partial charge in [-0.05, 0) is 32.7 Å². The first-order valence-electron chi connectivity index (χ1n) is 7.81. The van der Waals surface area contributed by atoms with Gasteiger partial charge in [-0.1, -0.05) is 19.8 Å². The maximum atomic E-state index is 12.6. The Morgan fingerprint density at radius 2 is 2.05 bits per heavy atom. The van der Waals surface area contributed by atoms with Gasteiger partial charge >= 0.3 is 5.97 Å². The van der Waals surface area contributed by atoms with Crippen molar-refractivity contribution < 1.29 is 19.5 Å². The van der Waals surface area contributed by atoms with E-state index >= 15 is 0 Å². The van der Waals surface area contributed by atoms with Crippen molar-refractivity contribution in [2.75, 3.05) is 6.54 Å². The zero-order chi connectivity index (χ0) is 15.6. The van der Waals surface area contributed by atoms with E-state index in [1.54, 1.807) is 4.90 Å². The first kappa shape index (κ1) is 15.9. The Labute approximate surface area is 125 Å². The van der Waals surface area contributed by atoms with Crippen LogP contribution in [0.3, 0.4) is 0 Å². The van der Waals surface area contributed by atoms with Crippen molar-refractivity contribution >= 4 is 17.8 Å². The zero-order valence-electron chi connectivity index (χ0n) is 12.7. The Morgan fingerprint density at radius 1 is 1.33 bits per heavy atom. The Kier molecular flexibility index (Phi) is 4.98. The summed E-state index contributed by atoms with van der Waals surface area (Å²) < 4.78 is 0. The van der Waals surface area contributed by atoms with Gasteiger partial charge in [0.25, 0.3) is 0 Å². The first-order chi connectivity index (χ1) is 9.97. The molecule has 2 heterocycles. The molecule has 1 N–H and O–H groups in total. The van der Waals surface area contributed by atoms with Crippen molar-refractivity contribution in [3.05, 3.63) is 0 Å². The molecule has 118 valence electrons. The largest absolute Gasteiger partial charge is 0.480 e. The molecule has 0 radical (unpaired) electrons. The molecule has 3 unspecified atom stereocenters. The van der Waals surface area contributed by atoms with E-state index in [0.717, 1.165) is 19.3 Å². The summed E-state index contributed by atoms with van der Waals surface area (Å²) in [5.41, 5.74) is 0. The lowest BCUT2D eigenvalue weighted by atomic mass is 10.1. The fraction of sp³-hybridized carbons (Fsp3) is 0.800. The van der Waals surface area contributed by atoms with Gasteiger partial charge < -0.3 is 5.11 Å².